The molecule has 6 heteroatoms. The molecule has 0 unspecified atom stereocenters. The third-order valence-corrected chi connectivity index (χ3v) is 4.28. The Kier molecular flexibility index (Phi) is 5.31. The number of amides is 2. The molecule has 1 aliphatic heterocycles. The number of nitrogens with one attached hydrogen (secondary N) is 1. The highest BCUT2D eigenvalue weighted by Crippen LogP contribution is 2.33. The molecule has 0 bridgehead atoms. The van der Waals surface area contributed by atoms with Gasteiger partial charge in [-0.2, -0.15) is 0 Å². The molecule has 0 spiro atoms. The number of fused-ring (bicyclic) bond motifs is 1. The van der Waals surface area contributed by atoms with Crippen LogP contribution in [0.25, 0.3) is 0 Å². The summed E-state index contributed by atoms with van der Waals surface area (Å²) in [6, 6.07) is 16.0. The fourth-order valence-corrected chi connectivity index (χ4v) is 2.89. The number of ether oxygens (including phenoxy) is 1. The molecule has 0 radical (unpaired) electrons. The van der Waals surface area contributed by atoms with Crippen molar-refractivity contribution < 1.29 is 19.1 Å². The fraction of sp³-hybridized carbons (Fsp3) is 0.250. The minimum absolute atomic E-state index is 0.0720. The van der Waals surface area contributed by atoms with Gasteiger partial charge >= 0.3 is 0 Å². The maximum atomic E-state index is 12.7. The van der Waals surface area contributed by atoms with E-state index in [0.29, 0.717) is 17.0 Å². The number of para-hydroxylation sites is 2. The lowest BCUT2D eigenvalue weighted by Crippen LogP contribution is -2.50. The molecular weight excluding hydrogens is 332 g/mol. The zero-order chi connectivity index (χ0) is 18.5. The van der Waals surface area contributed by atoms with Crippen molar-refractivity contribution in [2.24, 2.45) is 0 Å². The number of Topliss-reactive ketones (excluding diaryl/α,β-unsaturated/α-hetero) is 1. The van der Waals surface area contributed by atoms with Crippen LogP contribution < -0.4 is 15.0 Å². The van der Waals surface area contributed by atoms with Crippen molar-refractivity contribution in [3.8, 4) is 5.75 Å². The average Bonchev–Trinajstić information content (AvgIpc) is 2.70. The van der Waals surface area contributed by atoms with Crippen molar-refractivity contribution in [2.45, 2.75) is 18.9 Å². The summed E-state index contributed by atoms with van der Waals surface area (Å²) in [5, 5.41) is 2.54. The molecule has 6 nitrogen and oxygen atoms in total. The molecule has 0 fully saturated rings. The molecule has 26 heavy (non-hydrogen) atoms. The second kappa shape index (κ2) is 7.82. The number of hydrogen-bond donors (Lipinski definition) is 1. The Morgan fingerprint density at radius 1 is 1.04 bits per heavy atom. The van der Waals surface area contributed by atoms with Gasteiger partial charge < -0.3 is 15.0 Å². The van der Waals surface area contributed by atoms with Gasteiger partial charge in [0.1, 0.15) is 5.75 Å². The number of rotatable bonds is 5. The van der Waals surface area contributed by atoms with E-state index in [0.717, 1.165) is 0 Å². The Hall–Kier alpha value is -3.15. The Labute approximate surface area is 151 Å². The van der Waals surface area contributed by atoms with Gasteiger partial charge in [0.25, 0.3) is 5.91 Å². The predicted octanol–water partition coefficient (Wildman–Crippen LogP) is 2.19. The minimum Gasteiger partial charge on any atom is -0.477 e. The first-order chi connectivity index (χ1) is 12.6. The lowest BCUT2D eigenvalue weighted by atomic mass is 10.1. The van der Waals surface area contributed by atoms with Gasteiger partial charge in [0, 0.05) is 25.5 Å². The lowest BCUT2D eigenvalue weighted by Gasteiger charge is -2.34. The second-order valence-electron chi connectivity index (χ2n) is 5.98. The van der Waals surface area contributed by atoms with E-state index < -0.39 is 6.10 Å². The predicted molar refractivity (Wildman–Crippen MR) is 97.3 cm³/mol. The van der Waals surface area contributed by atoms with Gasteiger partial charge in [0.2, 0.25) is 5.91 Å². The van der Waals surface area contributed by atoms with E-state index in [1.807, 2.05) is 6.07 Å². The second-order valence-corrected chi connectivity index (χ2v) is 5.98. The number of carbonyl (C=O) groups is 3. The number of hydrogen-bond acceptors (Lipinski definition) is 4. The SMILES string of the molecule is CNC(=O)[C@H]1CN(C(=O)CCC(=O)c2ccccc2)c2ccccc2O1. The van der Waals surface area contributed by atoms with Gasteiger partial charge in [-0.25, -0.2) is 0 Å². The van der Waals surface area contributed by atoms with Crippen molar-refractivity contribution in [3.63, 3.8) is 0 Å². The van der Waals surface area contributed by atoms with Crippen molar-refractivity contribution in [3.05, 3.63) is 60.2 Å². The van der Waals surface area contributed by atoms with E-state index in [4.69, 9.17) is 4.74 Å². The van der Waals surface area contributed by atoms with E-state index in [-0.39, 0.29) is 37.0 Å². The highest BCUT2D eigenvalue weighted by molar-refractivity contribution is 6.02. The topological polar surface area (TPSA) is 75.7 Å². The molecule has 1 N–H and O–H groups in total. The molecule has 0 aliphatic carbocycles. The first-order valence-electron chi connectivity index (χ1n) is 8.46. The molecule has 1 atom stereocenters. The van der Waals surface area contributed by atoms with Crippen LogP contribution in [0.1, 0.15) is 23.2 Å². The van der Waals surface area contributed by atoms with Gasteiger partial charge in [-0.05, 0) is 12.1 Å². The number of likely N-dealkylation sites (N-methyl/N-ethyl adjacent to an activating group) is 1. The maximum absolute atomic E-state index is 12.7. The molecule has 0 saturated heterocycles. The molecule has 134 valence electrons. The summed E-state index contributed by atoms with van der Waals surface area (Å²) < 4.78 is 5.69. The highest BCUT2D eigenvalue weighted by atomic mass is 16.5. The van der Waals surface area contributed by atoms with E-state index >= 15 is 0 Å². The Balaban J connectivity index is 1.73. The fourth-order valence-electron chi connectivity index (χ4n) is 2.89. The molecular formula is C20H20N2O4. The summed E-state index contributed by atoms with van der Waals surface area (Å²) in [4.78, 5) is 38.5. The van der Waals surface area contributed by atoms with Crippen LogP contribution in [0, 0.1) is 0 Å². The summed E-state index contributed by atoms with van der Waals surface area (Å²) in [7, 11) is 1.52. The Morgan fingerprint density at radius 3 is 2.46 bits per heavy atom. The van der Waals surface area contributed by atoms with Gasteiger partial charge in [-0.1, -0.05) is 42.5 Å². The van der Waals surface area contributed by atoms with Gasteiger partial charge in [0.05, 0.1) is 12.2 Å². The number of ketones is 1. The number of benzene rings is 2. The Bertz CT molecular complexity index is 820. The van der Waals surface area contributed by atoms with Crippen LogP contribution >= 0.6 is 0 Å². The summed E-state index contributed by atoms with van der Waals surface area (Å²) in [6.07, 6.45) is -0.584. The van der Waals surface area contributed by atoms with Crippen molar-refractivity contribution in [2.75, 3.05) is 18.5 Å². The molecule has 1 heterocycles. The van der Waals surface area contributed by atoms with E-state index in [2.05, 4.69) is 5.32 Å². The number of nitrogens with zero attached hydrogens (tertiary/aromatic N) is 1. The summed E-state index contributed by atoms with van der Waals surface area (Å²) in [5.74, 6) is -0.102. The third-order valence-electron chi connectivity index (χ3n) is 4.28. The third kappa shape index (κ3) is 3.74. The molecule has 2 aromatic rings. The van der Waals surface area contributed by atoms with Crippen molar-refractivity contribution in [1.82, 2.24) is 5.32 Å². The van der Waals surface area contributed by atoms with Crippen LogP contribution in [0.3, 0.4) is 0 Å². The molecule has 2 aromatic carbocycles. The van der Waals surface area contributed by atoms with Crippen LogP contribution in [0.2, 0.25) is 0 Å². The van der Waals surface area contributed by atoms with Crippen LogP contribution in [0.4, 0.5) is 5.69 Å². The van der Waals surface area contributed by atoms with E-state index in [1.54, 1.807) is 48.5 Å². The molecule has 2 amide bonds. The van der Waals surface area contributed by atoms with E-state index in [1.165, 1.54) is 11.9 Å². The van der Waals surface area contributed by atoms with Gasteiger partial charge in [0.15, 0.2) is 11.9 Å². The summed E-state index contributed by atoms with van der Waals surface area (Å²) in [6.45, 7) is 0.120. The van der Waals surface area contributed by atoms with Gasteiger partial charge in [-0.15, -0.1) is 0 Å². The van der Waals surface area contributed by atoms with Crippen molar-refractivity contribution in [1.29, 1.82) is 0 Å². The molecule has 3 rings (SSSR count). The maximum Gasteiger partial charge on any atom is 0.262 e. The molecule has 0 aromatic heterocycles. The number of carbonyl (C=O) groups excluding carboxylic acids is 3. The zero-order valence-corrected chi connectivity index (χ0v) is 14.5. The zero-order valence-electron chi connectivity index (χ0n) is 14.5. The van der Waals surface area contributed by atoms with Crippen LogP contribution in [-0.4, -0.2) is 37.3 Å². The normalized spacial score (nSPS) is 15.6. The molecule has 1 aliphatic rings. The van der Waals surface area contributed by atoms with Crippen LogP contribution in [0.5, 0.6) is 5.75 Å². The highest BCUT2D eigenvalue weighted by Gasteiger charge is 2.33. The summed E-state index contributed by atoms with van der Waals surface area (Å²) >= 11 is 0. The number of anilines is 1. The standard InChI is InChI=1S/C20H20N2O4/c1-21-20(25)18-13-22(15-9-5-6-10-17(15)26-18)19(24)12-11-16(23)14-7-3-2-4-8-14/h2-10,18H,11-13H2,1H3,(H,21,25)/t18-/m1/s1. The molecule has 0 saturated carbocycles. The van der Waals surface area contributed by atoms with Crippen LogP contribution in [-0.2, 0) is 9.59 Å². The average molecular weight is 352 g/mol. The minimum atomic E-state index is -0.774. The lowest BCUT2D eigenvalue weighted by molar-refractivity contribution is -0.127. The van der Waals surface area contributed by atoms with E-state index in [9.17, 15) is 14.4 Å². The van der Waals surface area contributed by atoms with Gasteiger partial charge in [-0.3, -0.25) is 14.4 Å². The first-order valence-corrected chi connectivity index (χ1v) is 8.46. The largest absolute Gasteiger partial charge is 0.477 e. The quantitative estimate of drug-likeness (QED) is 0.837. The first kappa shape index (κ1) is 17.7. The van der Waals surface area contributed by atoms with Crippen molar-refractivity contribution >= 4 is 23.3 Å². The monoisotopic (exact) mass is 352 g/mol. The Morgan fingerprint density at radius 2 is 1.73 bits per heavy atom. The van der Waals surface area contributed by atoms with Crippen LogP contribution in [0.15, 0.2) is 54.6 Å². The smallest absolute Gasteiger partial charge is 0.262 e. The summed E-state index contributed by atoms with van der Waals surface area (Å²) in [5.41, 5.74) is 1.20.